The summed E-state index contributed by atoms with van der Waals surface area (Å²) in [4.78, 5) is 50.8. The number of anilines is 1. The molecule has 1 aliphatic rings. The number of aryl methyl sites for hydroxylation is 2. The largest absolute Gasteiger partial charge is 0.490 e. The Morgan fingerprint density at radius 2 is 1.50 bits per heavy atom. The van der Waals surface area contributed by atoms with Gasteiger partial charge < -0.3 is 26.0 Å². The minimum Gasteiger partial charge on any atom is -0.481 e. The van der Waals surface area contributed by atoms with Gasteiger partial charge in [-0.25, -0.2) is 14.6 Å². The Morgan fingerprint density at radius 1 is 0.875 bits per heavy atom. The molecule has 0 spiro atoms. The number of benzene rings is 1. The molecule has 5 N–H and O–H groups in total. The number of hydrogen-bond acceptors (Lipinski definition) is 7. The first-order valence-corrected chi connectivity index (χ1v) is 14.7. The second kappa shape index (κ2) is 18.4. The van der Waals surface area contributed by atoms with Crippen LogP contribution in [0.5, 0.6) is 0 Å². The van der Waals surface area contributed by atoms with E-state index in [4.69, 9.17) is 24.8 Å². The Hall–Kier alpha value is -4.96. The first-order valence-electron chi connectivity index (χ1n) is 14.7. The Morgan fingerprint density at radius 3 is 2.12 bits per heavy atom. The summed E-state index contributed by atoms with van der Waals surface area (Å²) >= 11 is 0. The number of carboxylic acids is 3. The number of nitrogens with one attached hydrogen (secondary N) is 2. The van der Waals surface area contributed by atoms with Gasteiger partial charge in [-0.3, -0.25) is 14.6 Å². The Bertz CT molecular complexity index is 1530. The molecule has 1 aliphatic heterocycles. The molecule has 1 amide bonds. The number of pyridine rings is 2. The van der Waals surface area contributed by atoms with Crippen LogP contribution in [0.3, 0.4) is 0 Å². The van der Waals surface area contributed by atoms with E-state index >= 15 is 0 Å². The number of aliphatic carboxylic acids is 3. The van der Waals surface area contributed by atoms with Crippen molar-refractivity contribution < 1.29 is 60.8 Å². The number of alkyl halides is 6. The maximum atomic E-state index is 12.5. The van der Waals surface area contributed by atoms with Gasteiger partial charge in [0.15, 0.2) is 0 Å². The lowest BCUT2D eigenvalue weighted by Crippen LogP contribution is -2.30. The van der Waals surface area contributed by atoms with Crippen LogP contribution in [0.2, 0.25) is 0 Å². The molecule has 0 bridgehead atoms. The van der Waals surface area contributed by atoms with E-state index in [1.54, 1.807) is 6.20 Å². The monoisotopic (exact) mass is 688 g/mol. The number of halogens is 6. The molecule has 48 heavy (non-hydrogen) atoms. The van der Waals surface area contributed by atoms with Crippen LogP contribution < -0.4 is 10.6 Å². The molecule has 0 saturated heterocycles. The summed E-state index contributed by atoms with van der Waals surface area (Å²) in [7, 11) is 0. The van der Waals surface area contributed by atoms with Crippen LogP contribution in [-0.4, -0.2) is 68.0 Å². The standard InChI is InChI=1S/C27H32N4O3.2C2HF3O2/c32-25(12-4-2-1-3-10-22-14-13-19-9-7-15-28-27(19)30-22)31-24(17-26(33)34)21-16-20-8-5-6-11-23(20)29-18-21;2*3-2(4,5)1(6)7/h5-6,8,11,13-14,16,18,24H,1-4,7,9-10,12,15,17H2,(H,28,30)(H,31,32)(H,33,34);2*(H,6,7). The molecule has 11 nitrogen and oxygen atoms in total. The van der Waals surface area contributed by atoms with Crippen molar-refractivity contribution in [3.8, 4) is 0 Å². The molecule has 0 radical (unpaired) electrons. The van der Waals surface area contributed by atoms with Gasteiger partial charge in [-0.05, 0) is 61.4 Å². The van der Waals surface area contributed by atoms with E-state index in [2.05, 4.69) is 27.8 Å². The molecule has 4 rings (SSSR count). The number of para-hydroxylation sites is 1. The SMILES string of the molecule is O=C(O)C(F)(F)F.O=C(O)C(F)(F)F.O=C(O)CC(NC(=O)CCCCCCc1ccc2c(n1)NCCC2)c1cnc2ccccc2c1. The van der Waals surface area contributed by atoms with Crippen LogP contribution in [0.15, 0.2) is 48.7 Å². The maximum Gasteiger partial charge on any atom is 0.490 e. The molecule has 1 atom stereocenters. The minimum atomic E-state index is -5.08. The Labute approximate surface area is 270 Å². The molecule has 3 heterocycles. The predicted octanol–water partition coefficient (Wildman–Crippen LogP) is 6.08. The van der Waals surface area contributed by atoms with Gasteiger partial charge in [-0.15, -0.1) is 0 Å². The van der Waals surface area contributed by atoms with Gasteiger partial charge in [-0.1, -0.05) is 37.1 Å². The quantitative estimate of drug-likeness (QED) is 0.117. The van der Waals surface area contributed by atoms with Crippen LogP contribution in [0.25, 0.3) is 10.9 Å². The van der Waals surface area contributed by atoms with Gasteiger partial charge in [-0.2, -0.15) is 26.3 Å². The lowest BCUT2D eigenvalue weighted by Gasteiger charge is -2.18. The van der Waals surface area contributed by atoms with E-state index in [-0.39, 0.29) is 12.3 Å². The van der Waals surface area contributed by atoms with E-state index < -0.39 is 36.3 Å². The van der Waals surface area contributed by atoms with Crippen molar-refractivity contribution in [2.45, 2.75) is 76.2 Å². The third-order valence-electron chi connectivity index (χ3n) is 6.75. The smallest absolute Gasteiger partial charge is 0.481 e. The van der Waals surface area contributed by atoms with Crippen LogP contribution in [-0.2, 0) is 32.0 Å². The fourth-order valence-electron chi connectivity index (χ4n) is 4.43. The molecule has 0 fully saturated rings. The van der Waals surface area contributed by atoms with Crippen LogP contribution in [0, 0.1) is 0 Å². The number of hydrogen-bond donors (Lipinski definition) is 5. The molecular weight excluding hydrogens is 654 g/mol. The summed E-state index contributed by atoms with van der Waals surface area (Å²) in [6.07, 6.45) is -1.28. The third kappa shape index (κ3) is 14.2. The summed E-state index contributed by atoms with van der Waals surface area (Å²) in [5.41, 5.74) is 3.98. The maximum absolute atomic E-state index is 12.5. The van der Waals surface area contributed by atoms with Crippen LogP contribution >= 0.6 is 0 Å². The number of unbranched alkanes of at least 4 members (excludes halogenated alkanes) is 3. The normalized spacial score (nSPS) is 13.0. The fraction of sp³-hybridized carbons (Fsp3) is 0.419. The van der Waals surface area contributed by atoms with Crippen molar-refractivity contribution in [1.82, 2.24) is 15.3 Å². The zero-order valence-corrected chi connectivity index (χ0v) is 25.4. The van der Waals surface area contributed by atoms with Crippen LogP contribution in [0.1, 0.15) is 67.8 Å². The number of nitrogens with zero attached hydrogens (tertiary/aromatic N) is 2. The molecular formula is C31H34F6N4O7. The lowest BCUT2D eigenvalue weighted by atomic mass is 10.0. The summed E-state index contributed by atoms with van der Waals surface area (Å²) in [6.45, 7) is 0.996. The summed E-state index contributed by atoms with van der Waals surface area (Å²) < 4.78 is 63.5. The van der Waals surface area contributed by atoms with E-state index in [1.807, 2.05) is 30.3 Å². The highest BCUT2D eigenvalue weighted by atomic mass is 19.4. The highest BCUT2D eigenvalue weighted by Gasteiger charge is 2.38. The number of aromatic nitrogens is 2. The van der Waals surface area contributed by atoms with Crippen molar-refractivity contribution in [3.05, 3.63) is 65.5 Å². The van der Waals surface area contributed by atoms with E-state index in [0.717, 1.165) is 73.9 Å². The van der Waals surface area contributed by atoms with Gasteiger partial charge in [0, 0.05) is 30.2 Å². The molecule has 17 heteroatoms. The lowest BCUT2D eigenvalue weighted by molar-refractivity contribution is -0.193. The van der Waals surface area contributed by atoms with Gasteiger partial charge >= 0.3 is 30.3 Å². The van der Waals surface area contributed by atoms with Gasteiger partial charge in [0.2, 0.25) is 5.91 Å². The average molecular weight is 689 g/mol. The van der Waals surface area contributed by atoms with Crippen LogP contribution in [0.4, 0.5) is 32.2 Å². The number of carbonyl (C=O) groups is 4. The first kappa shape index (κ1) is 39.2. The molecule has 1 unspecified atom stereocenters. The number of rotatable bonds is 11. The number of fused-ring (bicyclic) bond motifs is 2. The zero-order valence-electron chi connectivity index (χ0n) is 25.4. The number of amides is 1. The summed E-state index contributed by atoms with van der Waals surface area (Å²) in [5, 5.41) is 30.8. The van der Waals surface area contributed by atoms with Gasteiger partial charge in [0.1, 0.15) is 5.82 Å². The van der Waals surface area contributed by atoms with Gasteiger partial charge in [0.25, 0.3) is 0 Å². The molecule has 2 aromatic heterocycles. The molecule has 0 saturated carbocycles. The molecule has 262 valence electrons. The Kier molecular flexibility index (Phi) is 15.0. The van der Waals surface area contributed by atoms with E-state index in [1.165, 1.54) is 5.56 Å². The predicted molar refractivity (Wildman–Crippen MR) is 160 cm³/mol. The molecule has 1 aromatic carbocycles. The van der Waals surface area contributed by atoms with Crippen molar-refractivity contribution in [2.24, 2.45) is 0 Å². The minimum absolute atomic E-state index is 0.123. The van der Waals surface area contributed by atoms with Gasteiger partial charge in [0.05, 0.1) is 18.0 Å². The van der Waals surface area contributed by atoms with Crippen molar-refractivity contribution in [2.75, 3.05) is 11.9 Å². The van der Waals surface area contributed by atoms with E-state index in [0.29, 0.717) is 12.0 Å². The van der Waals surface area contributed by atoms with Crippen molar-refractivity contribution in [1.29, 1.82) is 0 Å². The topological polar surface area (TPSA) is 179 Å². The number of carbonyl (C=O) groups excluding carboxylic acids is 1. The third-order valence-corrected chi connectivity index (χ3v) is 6.75. The number of carboxylic acid groups (broad SMARTS) is 3. The zero-order chi connectivity index (χ0) is 35.9. The highest BCUT2D eigenvalue weighted by Crippen LogP contribution is 2.22. The molecule has 0 aliphatic carbocycles. The molecule has 3 aromatic rings. The highest BCUT2D eigenvalue weighted by molar-refractivity contribution is 5.81. The van der Waals surface area contributed by atoms with E-state index in [9.17, 15) is 41.0 Å². The summed E-state index contributed by atoms with van der Waals surface area (Å²) in [5.74, 6) is -5.55. The summed E-state index contributed by atoms with van der Waals surface area (Å²) in [6, 6.07) is 13.3. The fourth-order valence-corrected chi connectivity index (χ4v) is 4.43. The second-order valence-electron chi connectivity index (χ2n) is 10.5. The first-order chi connectivity index (χ1) is 22.5. The van der Waals surface area contributed by atoms with Crippen molar-refractivity contribution in [3.63, 3.8) is 0 Å². The average Bonchev–Trinajstić information content (AvgIpc) is 3.01. The second-order valence-corrected chi connectivity index (χ2v) is 10.5. The Balaban J connectivity index is 0.000000479. The van der Waals surface area contributed by atoms with Crippen molar-refractivity contribution >= 4 is 40.5 Å².